The van der Waals surface area contributed by atoms with Crippen molar-refractivity contribution >= 4 is 11.6 Å². The molecular weight excluding hydrogens is 398 g/mol. The van der Waals surface area contributed by atoms with Crippen molar-refractivity contribution in [2.75, 3.05) is 44.7 Å². The molecule has 4 rings (SSSR count). The van der Waals surface area contributed by atoms with Crippen LogP contribution in [0.25, 0.3) is 0 Å². The zero-order valence-corrected chi connectivity index (χ0v) is 18.9. The number of methoxy groups -OCH3 is 1. The van der Waals surface area contributed by atoms with Crippen molar-refractivity contribution in [2.24, 2.45) is 0 Å². The normalized spacial score (nSPS) is 14.8. The number of hydrogen-bond acceptors (Lipinski definition) is 3. The summed E-state index contributed by atoms with van der Waals surface area (Å²) in [5.41, 5.74) is 4.85. The van der Waals surface area contributed by atoms with Gasteiger partial charge in [-0.1, -0.05) is 60.2 Å². The van der Waals surface area contributed by atoms with Gasteiger partial charge in [0.1, 0.15) is 11.8 Å². The maximum Gasteiger partial charge on any atom is 0.277 e. The number of carbonyl (C=O) groups is 1. The maximum atomic E-state index is 13.0. The number of anilines is 1. The standard InChI is InChI=1S/C27H31N3O2/c1-21-8-10-23(11-9-21)27(22-6-4-3-5-7-22)28-20-26(31)30-18-16-29(17-19-30)24-12-14-25(32-2)15-13-24/h3-15,27-28H,16-20H2,1-2H3/p+1/t27-/m0/s1. The van der Waals surface area contributed by atoms with E-state index in [0.29, 0.717) is 6.54 Å². The largest absolute Gasteiger partial charge is 0.497 e. The smallest absolute Gasteiger partial charge is 0.277 e. The van der Waals surface area contributed by atoms with E-state index >= 15 is 0 Å². The lowest BCUT2D eigenvalue weighted by atomic mass is 9.98. The van der Waals surface area contributed by atoms with E-state index in [0.717, 1.165) is 31.9 Å². The van der Waals surface area contributed by atoms with E-state index < -0.39 is 0 Å². The van der Waals surface area contributed by atoms with Gasteiger partial charge in [0.2, 0.25) is 0 Å². The molecule has 0 saturated carbocycles. The second-order valence-corrected chi connectivity index (χ2v) is 8.30. The van der Waals surface area contributed by atoms with Crippen LogP contribution in [0.15, 0.2) is 78.9 Å². The number of piperazine rings is 1. The van der Waals surface area contributed by atoms with E-state index in [9.17, 15) is 4.79 Å². The van der Waals surface area contributed by atoms with Gasteiger partial charge < -0.3 is 19.9 Å². The van der Waals surface area contributed by atoms with Gasteiger partial charge in [-0.25, -0.2) is 0 Å². The van der Waals surface area contributed by atoms with Gasteiger partial charge in [-0.15, -0.1) is 0 Å². The number of hydrogen-bond donors (Lipinski definition) is 1. The molecule has 1 saturated heterocycles. The summed E-state index contributed by atoms with van der Waals surface area (Å²) in [5.74, 6) is 1.06. The third kappa shape index (κ3) is 5.29. The predicted octanol–water partition coefficient (Wildman–Crippen LogP) is 3.01. The Hall–Kier alpha value is -3.31. The number of benzene rings is 3. The van der Waals surface area contributed by atoms with E-state index in [-0.39, 0.29) is 11.9 Å². The van der Waals surface area contributed by atoms with Crippen molar-refractivity contribution in [3.8, 4) is 5.75 Å². The molecule has 1 atom stereocenters. The molecule has 0 aromatic heterocycles. The van der Waals surface area contributed by atoms with Crippen LogP contribution in [0.4, 0.5) is 5.69 Å². The topological polar surface area (TPSA) is 49.4 Å². The van der Waals surface area contributed by atoms with Crippen LogP contribution >= 0.6 is 0 Å². The molecule has 5 nitrogen and oxygen atoms in total. The number of ether oxygens (including phenoxy) is 1. The van der Waals surface area contributed by atoms with E-state index in [4.69, 9.17) is 4.74 Å². The number of nitrogens with zero attached hydrogens (tertiary/aromatic N) is 2. The number of carbonyl (C=O) groups excluding carboxylic acids is 1. The van der Waals surface area contributed by atoms with Crippen molar-refractivity contribution in [3.63, 3.8) is 0 Å². The number of nitrogens with two attached hydrogens (primary N) is 1. The molecular formula is C27H32N3O2+. The highest BCUT2D eigenvalue weighted by Crippen LogP contribution is 2.21. The fraction of sp³-hybridized carbons (Fsp3) is 0.296. The molecule has 1 fully saturated rings. The SMILES string of the molecule is COc1ccc(N2CCN(C(=O)C[NH2+][C@@H](c3ccccc3)c3ccc(C)cc3)CC2)cc1. The minimum absolute atomic E-state index is 0.112. The average molecular weight is 431 g/mol. The van der Waals surface area contributed by atoms with Gasteiger partial charge in [-0.05, 0) is 31.2 Å². The summed E-state index contributed by atoms with van der Waals surface area (Å²) in [6, 6.07) is 27.3. The number of amides is 1. The first-order valence-electron chi connectivity index (χ1n) is 11.3. The molecule has 32 heavy (non-hydrogen) atoms. The first-order valence-corrected chi connectivity index (χ1v) is 11.3. The van der Waals surface area contributed by atoms with E-state index in [1.807, 2.05) is 23.1 Å². The lowest BCUT2D eigenvalue weighted by Crippen LogP contribution is -2.88. The molecule has 1 amide bonds. The number of quaternary nitrogens is 1. The molecule has 2 N–H and O–H groups in total. The second kappa shape index (κ2) is 10.3. The van der Waals surface area contributed by atoms with Crippen molar-refractivity contribution in [1.82, 2.24) is 4.90 Å². The minimum Gasteiger partial charge on any atom is -0.497 e. The zero-order chi connectivity index (χ0) is 22.3. The van der Waals surface area contributed by atoms with Crippen molar-refractivity contribution in [3.05, 3.63) is 95.6 Å². The van der Waals surface area contributed by atoms with Gasteiger partial charge in [0.15, 0.2) is 6.54 Å². The van der Waals surface area contributed by atoms with Crippen molar-refractivity contribution < 1.29 is 14.8 Å². The molecule has 0 unspecified atom stereocenters. The molecule has 0 aliphatic carbocycles. The quantitative estimate of drug-likeness (QED) is 0.627. The Morgan fingerprint density at radius 3 is 2.12 bits per heavy atom. The first kappa shape index (κ1) is 21.9. The highest BCUT2D eigenvalue weighted by atomic mass is 16.5. The molecule has 1 aliphatic heterocycles. The van der Waals surface area contributed by atoms with Crippen LogP contribution in [0.3, 0.4) is 0 Å². The zero-order valence-electron chi connectivity index (χ0n) is 18.9. The highest BCUT2D eigenvalue weighted by molar-refractivity contribution is 5.77. The summed E-state index contributed by atoms with van der Waals surface area (Å²) in [4.78, 5) is 17.3. The average Bonchev–Trinajstić information content (AvgIpc) is 2.86. The summed E-state index contributed by atoms with van der Waals surface area (Å²) in [7, 11) is 1.68. The third-order valence-corrected chi connectivity index (χ3v) is 6.19. The highest BCUT2D eigenvalue weighted by Gasteiger charge is 2.25. The molecule has 166 valence electrons. The maximum absolute atomic E-state index is 13.0. The molecule has 0 bridgehead atoms. The molecule has 1 aliphatic rings. The molecule has 0 spiro atoms. The fourth-order valence-electron chi connectivity index (χ4n) is 4.25. The Bertz CT molecular complexity index is 995. The van der Waals surface area contributed by atoms with E-state index in [1.54, 1.807) is 7.11 Å². The Balaban J connectivity index is 1.36. The van der Waals surface area contributed by atoms with Gasteiger partial charge in [0.25, 0.3) is 5.91 Å². The van der Waals surface area contributed by atoms with Crippen LogP contribution in [0, 0.1) is 6.92 Å². The van der Waals surface area contributed by atoms with Crippen LogP contribution in [-0.2, 0) is 4.79 Å². The second-order valence-electron chi connectivity index (χ2n) is 8.30. The van der Waals surface area contributed by atoms with Gasteiger partial charge in [0, 0.05) is 43.0 Å². The first-order chi connectivity index (χ1) is 15.6. The molecule has 1 heterocycles. The van der Waals surface area contributed by atoms with Crippen molar-refractivity contribution in [1.29, 1.82) is 0 Å². The Morgan fingerprint density at radius 2 is 1.50 bits per heavy atom. The predicted molar refractivity (Wildman–Crippen MR) is 128 cm³/mol. The summed E-state index contributed by atoms with van der Waals surface area (Å²) < 4.78 is 5.25. The van der Waals surface area contributed by atoms with Crippen LogP contribution in [-0.4, -0.2) is 50.6 Å². The monoisotopic (exact) mass is 430 g/mol. The molecule has 3 aromatic carbocycles. The lowest BCUT2D eigenvalue weighted by molar-refractivity contribution is -0.677. The summed E-state index contributed by atoms with van der Waals surface area (Å²) >= 11 is 0. The van der Waals surface area contributed by atoms with Crippen molar-refractivity contribution in [2.45, 2.75) is 13.0 Å². The fourth-order valence-corrected chi connectivity index (χ4v) is 4.25. The molecule has 0 radical (unpaired) electrons. The summed E-state index contributed by atoms with van der Waals surface area (Å²) in [6.07, 6.45) is 0. The van der Waals surface area contributed by atoms with Gasteiger partial charge in [-0.3, -0.25) is 4.79 Å². The van der Waals surface area contributed by atoms with E-state index in [2.05, 4.69) is 77.8 Å². The number of rotatable bonds is 7. The summed E-state index contributed by atoms with van der Waals surface area (Å²) in [6.45, 7) is 5.73. The lowest BCUT2D eigenvalue weighted by Gasteiger charge is -2.36. The van der Waals surface area contributed by atoms with Crippen LogP contribution in [0.2, 0.25) is 0 Å². The van der Waals surface area contributed by atoms with Crippen LogP contribution in [0.5, 0.6) is 5.75 Å². The van der Waals surface area contributed by atoms with Gasteiger partial charge in [-0.2, -0.15) is 0 Å². The molecule has 3 aromatic rings. The Kier molecular flexibility index (Phi) is 7.07. The van der Waals surface area contributed by atoms with Crippen LogP contribution in [0.1, 0.15) is 22.7 Å². The third-order valence-electron chi connectivity index (χ3n) is 6.19. The Labute approximate surface area is 190 Å². The van der Waals surface area contributed by atoms with Crippen LogP contribution < -0.4 is 15.0 Å². The minimum atomic E-state index is 0.112. The Morgan fingerprint density at radius 1 is 0.875 bits per heavy atom. The number of aryl methyl sites for hydroxylation is 1. The van der Waals surface area contributed by atoms with Gasteiger partial charge in [0.05, 0.1) is 7.11 Å². The summed E-state index contributed by atoms with van der Waals surface area (Å²) in [5, 5.41) is 2.16. The van der Waals surface area contributed by atoms with E-state index in [1.165, 1.54) is 22.4 Å². The molecule has 5 heteroatoms. The van der Waals surface area contributed by atoms with Gasteiger partial charge >= 0.3 is 0 Å².